The number of benzene rings is 1. The van der Waals surface area contributed by atoms with Crippen molar-refractivity contribution >= 4 is 29.1 Å². The smallest absolute Gasteiger partial charge is 0.241 e. The van der Waals surface area contributed by atoms with Crippen LogP contribution in [-0.2, 0) is 4.79 Å². The lowest BCUT2D eigenvalue weighted by Gasteiger charge is -2.32. The molecule has 5 heteroatoms. The Morgan fingerprint density at radius 3 is 2.80 bits per heavy atom. The first kappa shape index (κ1) is 14.6. The number of ketones is 1. The van der Waals surface area contributed by atoms with Gasteiger partial charge < -0.3 is 0 Å². The molecule has 0 fully saturated rings. The maximum Gasteiger partial charge on any atom is 0.241 e. The van der Waals surface area contributed by atoms with Crippen LogP contribution in [0, 0.1) is 11.3 Å². The molecular formula is C15H16N2O2S. The summed E-state index contributed by atoms with van der Waals surface area (Å²) in [5.41, 5.74) is 1.40. The van der Waals surface area contributed by atoms with Crippen LogP contribution in [0.25, 0.3) is 0 Å². The number of hydrogen-bond donors (Lipinski definition) is 0. The van der Waals surface area contributed by atoms with Gasteiger partial charge in [-0.15, -0.1) is 11.8 Å². The molecule has 4 nitrogen and oxygen atoms in total. The lowest BCUT2D eigenvalue weighted by atomic mass is 10.1. The van der Waals surface area contributed by atoms with Gasteiger partial charge >= 0.3 is 0 Å². The molecule has 1 aliphatic rings. The predicted molar refractivity (Wildman–Crippen MR) is 79.0 cm³/mol. The number of rotatable bonds is 4. The summed E-state index contributed by atoms with van der Waals surface area (Å²) in [6.07, 6.45) is 1.17. The van der Waals surface area contributed by atoms with E-state index in [0.29, 0.717) is 18.4 Å². The Kier molecular flexibility index (Phi) is 4.46. The number of anilines is 1. The lowest BCUT2D eigenvalue weighted by molar-refractivity contribution is -0.118. The van der Waals surface area contributed by atoms with Gasteiger partial charge in [-0.1, -0.05) is 13.8 Å². The molecule has 0 saturated carbocycles. The Morgan fingerprint density at radius 1 is 1.45 bits per heavy atom. The number of carbonyl (C=O) groups excluding carboxylic acids is 2. The minimum Gasteiger partial charge on any atom is -0.296 e. The van der Waals surface area contributed by atoms with Crippen LogP contribution < -0.4 is 4.90 Å². The molecule has 0 aliphatic carbocycles. The van der Waals surface area contributed by atoms with Crippen molar-refractivity contribution in [3.63, 3.8) is 0 Å². The molecule has 0 bridgehead atoms. The Labute approximate surface area is 122 Å². The SMILES string of the molecule is CCC(=O)c1ccc2c(c1)SC(CC)C(=O)N2CC#N. The number of carbonyl (C=O) groups is 2. The zero-order valence-electron chi connectivity index (χ0n) is 11.5. The third kappa shape index (κ3) is 2.56. The number of thioether (sulfide) groups is 1. The van der Waals surface area contributed by atoms with Gasteiger partial charge in [0.2, 0.25) is 5.91 Å². The molecular weight excluding hydrogens is 272 g/mol. The van der Waals surface area contributed by atoms with Gasteiger partial charge in [-0.25, -0.2) is 0 Å². The van der Waals surface area contributed by atoms with Crippen LogP contribution >= 0.6 is 11.8 Å². The fraction of sp³-hybridized carbons (Fsp3) is 0.400. The largest absolute Gasteiger partial charge is 0.296 e. The second-order valence-electron chi connectivity index (χ2n) is 4.56. The van der Waals surface area contributed by atoms with Crippen molar-refractivity contribution < 1.29 is 9.59 Å². The summed E-state index contributed by atoms with van der Waals surface area (Å²) in [6.45, 7) is 3.82. The Morgan fingerprint density at radius 2 is 2.20 bits per heavy atom. The van der Waals surface area contributed by atoms with Gasteiger partial charge in [0.15, 0.2) is 5.78 Å². The molecule has 0 saturated heterocycles. The molecule has 0 aromatic heterocycles. The monoisotopic (exact) mass is 288 g/mol. The van der Waals surface area contributed by atoms with Crippen LogP contribution in [0.2, 0.25) is 0 Å². The van der Waals surface area contributed by atoms with E-state index < -0.39 is 0 Å². The Bertz CT molecular complexity index is 592. The highest BCUT2D eigenvalue weighted by molar-refractivity contribution is 8.01. The summed E-state index contributed by atoms with van der Waals surface area (Å²) in [6, 6.07) is 7.37. The molecule has 1 unspecified atom stereocenters. The molecule has 1 amide bonds. The highest BCUT2D eigenvalue weighted by Gasteiger charge is 2.32. The average Bonchev–Trinajstić information content (AvgIpc) is 2.48. The minimum absolute atomic E-state index is 0.0267. The number of nitriles is 1. The molecule has 20 heavy (non-hydrogen) atoms. The molecule has 1 aromatic rings. The summed E-state index contributed by atoms with van der Waals surface area (Å²) in [4.78, 5) is 26.5. The summed E-state index contributed by atoms with van der Waals surface area (Å²) >= 11 is 1.48. The van der Waals surface area contributed by atoms with Gasteiger partial charge in [0.05, 0.1) is 17.0 Å². The fourth-order valence-electron chi connectivity index (χ4n) is 2.20. The van der Waals surface area contributed by atoms with Crippen LogP contribution in [-0.4, -0.2) is 23.5 Å². The second kappa shape index (κ2) is 6.10. The topological polar surface area (TPSA) is 61.2 Å². The molecule has 0 spiro atoms. The third-order valence-corrected chi connectivity index (χ3v) is 4.70. The van der Waals surface area contributed by atoms with E-state index in [-0.39, 0.29) is 23.5 Å². The van der Waals surface area contributed by atoms with Crippen LogP contribution in [0.1, 0.15) is 37.0 Å². The van der Waals surface area contributed by atoms with Gasteiger partial charge in [0.1, 0.15) is 6.54 Å². The van der Waals surface area contributed by atoms with E-state index in [0.717, 1.165) is 10.6 Å². The van der Waals surface area contributed by atoms with Crippen molar-refractivity contribution in [2.75, 3.05) is 11.4 Å². The predicted octanol–water partition coefficient (Wildman–Crippen LogP) is 3.02. The zero-order chi connectivity index (χ0) is 14.7. The van der Waals surface area contributed by atoms with Crippen LogP contribution in [0.15, 0.2) is 23.1 Å². The summed E-state index contributed by atoms with van der Waals surface area (Å²) in [7, 11) is 0. The first-order valence-electron chi connectivity index (χ1n) is 6.64. The van der Waals surface area contributed by atoms with E-state index in [2.05, 4.69) is 0 Å². The van der Waals surface area contributed by atoms with Crippen molar-refractivity contribution in [2.45, 2.75) is 36.8 Å². The van der Waals surface area contributed by atoms with Crippen molar-refractivity contribution in [3.05, 3.63) is 23.8 Å². The van der Waals surface area contributed by atoms with E-state index in [9.17, 15) is 9.59 Å². The van der Waals surface area contributed by atoms with E-state index in [4.69, 9.17) is 5.26 Å². The van der Waals surface area contributed by atoms with Gasteiger partial charge in [-0.05, 0) is 24.6 Å². The van der Waals surface area contributed by atoms with Crippen LogP contribution in [0.5, 0.6) is 0 Å². The number of amides is 1. The van der Waals surface area contributed by atoms with Gasteiger partial charge in [-0.3, -0.25) is 14.5 Å². The number of hydrogen-bond acceptors (Lipinski definition) is 4. The summed E-state index contributed by atoms with van der Waals surface area (Å²) in [5.74, 6) is 0.0614. The molecule has 0 radical (unpaired) electrons. The van der Waals surface area contributed by atoms with E-state index in [1.165, 1.54) is 16.7 Å². The van der Waals surface area contributed by atoms with Crippen LogP contribution in [0.4, 0.5) is 5.69 Å². The maximum absolute atomic E-state index is 12.3. The minimum atomic E-state index is -0.178. The standard InChI is InChI=1S/C15H16N2O2S/c1-3-12(18)10-5-6-11-14(9-10)20-13(4-2)15(19)17(11)8-7-16/h5-6,9,13H,3-4,8H2,1-2H3. The first-order chi connectivity index (χ1) is 9.62. The summed E-state index contributed by atoms with van der Waals surface area (Å²) in [5, 5.41) is 8.72. The highest BCUT2D eigenvalue weighted by Crippen LogP contribution is 2.40. The van der Waals surface area contributed by atoms with Gasteiger partial charge in [-0.2, -0.15) is 5.26 Å². The van der Waals surface area contributed by atoms with Crippen molar-refractivity contribution in [1.29, 1.82) is 5.26 Å². The third-order valence-electron chi connectivity index (χ3n) is 3.30. The maximum atomic E-state index is 12.3. The van der Waals surface area contributed by atoms with Crippen molar-refractivity contribution in [1.82, 2.24) is 0 Å². The average molecular weight is 288 g/mol. The van der Waals surface area contributed by atoms with Crippen LogP contribution in [0.3, 0.4) is 0 Å². The highest BCUT2D eigenvalue weighted by atomic mass is 32.2. The lowest BCUT2D eigenvalue weighted by Crippen LogP contribution is -2.41. The fourth-order valence-corrected chi connectivity index (χ4v) is 3.39. The first-order valence-corrected chi connectivity index (χ1v) is 7.52. The summed E-state index contributed by atoms with van der Waals surface area (Å²) < 4.78 is 0. The zero-order valence-corrected chi connectivity index (χ0v) is 12.4. The molecule has 2 rings (SSSR count). The molecule has 1 aliphatic heterocycles. The van der Waals surface area contributed by atoms with E-state index in [1.807, 2.05) is 26.0 Å². The van der Waals surface area contributed by atoms with E-state index >= 15 is 0 Å². The molecule has 1 aromatic carbocycles. The second-order valence-corrected chi connectivity index (χ2v) is 5.80. The van der Waals surface area contributed by atoms with Gasteiger partial charge in [0.25, 0.3) is 0 Å². The van der Waals surface area contributed by atoms with E-state index in [1.54, 1.807) is 12.1 Å². The molecule has 1 atom stereocenters. The number of nitrogens with zero attached hydrogens (tertiary/aromatic N) is 2. The molecule has 104 valence electrons. The van der Waals surface area contributed by atoms with Gasteiger partial charge in [0, 0.05) is 16.9 Å². The Balaban J connectivity index is 2.46. The molecule has 1 heterocycles. The number of Topliss-reactive ketones (excluding diaryl/α,β-unsaturated/α-hetero) is 1. The Hall–Kier alpha value is -1.80. The normalized spacial score (nSPS) is 17.6. The van der Waals surface area contributed by atoms with Crippen molar-refractivity contribution in [3.8, 4) is 6.07 Å². The molecule has 0 N–H and O–H groups in total. The van der Waals surface area contributed by atoms with Crippen molar-refractivity contribution in [2.24, 2.45) is 0 Å². The quantitative estimate of drug-likeness (QED) is 0.631. The number of fused-ring (bicyclic) bond motifs is 1.